The Kier molecular flexibility index (Phi) is 5.63. The first-order chi connectivity index (χ1) is 9.56. The van der Waals surface area contributed by atoms with Crippen molar-refractivity contribution < 1.29 is 9.53 Å². The van der Waals surface area contributed by atoms with E-state index in [1.165, 1.54) is 0 Å². The van der Waals surface area contributed by atoms with Crippen molar-refractivity contribution in [1.29, 1.82) is 0 Å². The molecule has 1 aromatic carbocycles. The van der Waals surface area contributed by atoms with E-state index in [4.69, 9.17) is 4.74 Å². The van der Waals surface area contributed by atoms with Crippen molar-refractivity contribution in [3.63, 3.8) is 0 Å². The summed E-state index contributed by atoms with van der Waals surface area (Å²) < 4.78 is 7.31. The van der Waals surface area contributed by atoms with E-state index in [1.54, 1.807) is 23.3 Å². The molecule has 0 N–H and O–H groups in total. The van der Waals surface area contributed by atoms with Crippen LogP contribution in [0.5, 0.6) is 5.75 Å². The highest BCUT2D eigenvalue weighted by molar-refractivity contribution is 9.11. The van der Waals surface area contributed by atoms with Gasteiger partial charge in [0, 0.05) is 16.4 Å². The molecule has 106 valence electrons. The van der Waals surface area contributed by atoms with Crippen LogP contribution in [-0.4, -0.2) is 24.5 Å². The van der Waals surface area contributed by atoms with E-state index < -0.39 is 0 Å². The molecule has 2 rings (SSSR count). The van der Waals surface area contributed by atoms with Crippen LogP contribution < -0.4 is 4.74 Å². The van der Waals surface area contributed by atoms with Crippen LogP contribution in [0.1, 0.15) is 4.88 Å². The van der Waals surface area contributed by atoms with E-state index in [-0.39, 0.29) is 12.5 Å². The topological polar surface area (TPSA) is 29.5 Å². The Morgan fingerprint density at radius 2 is 2.15 bits per heavy atom. The van der Waals surface area contributed by atoms with Crippen molar-refractivity contribution in [2.24, 2.45) is 0 Å². The number of rotatable bonds is 5. The molecule has 6 heteroatoms. The number of halogens is 2. The summed E-state index contributed by atoms with van der Waals surface area (Å²) in [5.74, 6) is 0.610. The van der Waals surface area contributed by atoms with Gasteiger partial charge in [0.1, 0.15) is 5.75 Å². The third kappa shape index (κ3) is 4.33. The van der Waals surface area contributed by atoms with Crippen LogP contribution >= 0.6 is 43.2 Å². The van der Waals surface area contributed by atoms with E-state index in [0.717, 1.165) is 13.8 Å². The van der Waals surface area contributed by atoms with Crippen molar-refractivity contribution in [2.45, 2.75) is 6.54 Å². The zero-order chi connectivity index (χ0) is 14.5. The van der Waals surface area contributed by atoms with E-state index >= 15 is 0 Å². The van der Waals surface area contributed by atoms with Gasteiger partial charge in [-0.1, -0.05) is 22.0 Å². The molecule has 0 saturated heterocycles. The first-order valence-corrected chi connectivity index (χ1v) is 8.37. The summed E-state index contributed by atoms with van der Waals surface area (Å²) in [5, 5.41) is 2.00. The van der Waals surface area contributed by atoms with E-state index in [1.807, 2.05) is 35.7 Å². The lowest BCUT2D eigenvalue weighted by molar-refractivity contribution is -0.132. The number of hydrogen-bond donors (Lipinski definition) is 0. The summed E-state index contributed by atoms with van der Waals surface area (Å²) in [4.78, 5) is 14.8. The van der Waals surface area contributed by atoms with Gasteiger partial charge in [-0.3, -0.25) is 4.79 Å². The average Bonchev–Trinajstić information content (AvgIpc) is 2.90. The minimum absolute atomic E-state index is 0.0299. The maximum atomic E-state index is 12.0. The highest BCUT2D eigenvalue weighted by atomic mass is 79.9. The van der Waals surface area contributed by atoms with Gasteiger partial charge in [0.25, 0.3) is 5.91 Å². The van der Waals surface area contributed by atoms with Gasteiger partial charge in [-0.05, 0) is 45.6 Å². The Hall–Kier alpha value is -0.850. The number of likely N-dealkylation sites (N-methyl/N-ethyl adjacent to an activating group) is 1. The van der Waals surface area contributed by atoms with Crippen molar-refractivity contribution >= 4 is 49.1 Å². The molecular formula is C14H13Br2NO2S. The highest BCUT2D eigenvalue weighted by Gasteiger charge is 2.11. The second-order valence-electron chi connectivity index (χ2n) is 4.19. The fourth-order valence-electron chi connectivity index (χ4n) is 1.57. The quantitative estimate of drug-likeness (QED) is 0.723. The molecule has 0 spiro atoms. The van der Waals surface area contributed by atoms with Crippen molar-refractivity contribution in [3.05, 3.63) is 49.5 Å². The van der Waals surface area contributed by atoms with Crippen LogP contribution in [-0.2, 0) is 11.3 Å². The van der Waals surface area contributed by atoms with Gasteiger partial charge in [-0.15, -0.1) is 11.3 Å². The predicted octanol–water partition coefficient (Wildman–Crippen LogP) is 4.31. The van der Waals surface area contributed by atoms with Crippen molar-refractivity contribution in [3.8, 4) is 5.75 Å². The molecule has 0 aliphatic heterocycles. The largest absolute Gasteiger partial charge is 0.483 e. The summed E-state index contributed by atoms with van der Waals surface area (Å²) in [6.07, 6.45) is 0. The van der Waals surface area contributed by atoms with Gasteiger partial charge >= 0.3 is 0 Å². The summed E-state index contributed by atoms with van der Waals surface area (Å²) in [7, 11) is 1.78. The Morgan fingerprint density at radius 3 is 2.80 bits per heavy atom. The molecule has 1 aromatic heterocycles. The fraction of sp³-hybridized carbons (Fsp3) is 0.214. The van der Waals surface area contributed by atoms with Crippen LogP contribution in [0.15, 0.2) is 44.7 Å². The van der Waals surface area contributed by atoms with Crippen LogP contribution in [0.3, 0.4) is 0 Å². The lowest BCUT2D eigenvalue weighted by Crippen LogP contribution is -2.30. The number of carbonyl (C=O) groups is 1. The minimum Gasteiger partial charge on any atom is -0.483 e. The molecule has 0 aliphatic carbocycles. The van der Waals surface area contributed by atoms with E-state index in [0.29, 0.717) is 12.3 Å². The molecule has 0 fully saturated rings. The molecule has 1 amide bonds. The molecule has 2 aromatic rings. The highest BCUT2D eigenvalue weighted by Crippen LogP contribution is 2.28. The van der Waals surface area contributed by atoms with Gasteiger partial charge in [0.05, 0.1) is 11.0 Å². The number of thiophene rings is 1. The van der Waals surface area contributed by atoms with Gasteiger partial charge in [-0.25, -0.2) is 0 Å². The van der Waals surface area contributed by atoms with Crippen molar-refractivity contribution in [1.82, 2.24) is 4.90 Å². The molecular weight excluding hydrogens is 406 g/mol. The second-order valence-corrected chi connectivity index (χ2v) is 6.99. The molecule has 0 bridgehead atoms. The second kappa shape index (κ2) is 7.24. The Balaban J connectivity index is 1.88. The van der Waals surface area contributed by atoms with Gasteiger partial charge < -0.3 is 9.64 Å². The zero-order valence-corrected chi connectivity index (χ0v) is 14.8. The predicted molar refractivity (Wildman–Crippen MR) is 88.1 cm³/mol. The first-order valence-electron chi connectivity index (χ1n) is 5.90. The SMILES string of the molecule is CN(Cc1cccs1)C(=O)COc1ccc(Br)cc1Br. The van der Waals surface area contributed by atoms with Crippen molar-refractivity contribution in [2.75, 3.05) is 13.7 Å². The molecule has 3 nitrogen and oxygen atoms in total. The lowest BCUT2D eigenvalue weighted by Gasteiger charge is -2.17. The number of benzene rings is 1. The van der Waals surface area contributed by atoms with E-state index in [2.05, 4.69) is 31.9 Å². The minimum atomic E-state index is -0.0479. The average molecular weight is 419 g/mol. The molecule has 0 saturated carbocycles. The monoisotopic (exact) mass is 417 g/mol. The summed E-state index contributed by atoms with van der Waals surface area (Å²) in [6.45, 7) is 0.642. The third-order valence-corrected chi connectivity index (χ3v) is 4.62. The molecule has 0 atom stereocenters. The molecule has 0 unspecified atom stereocenters. The number of amides is 1. The van der Waals surface area contributed by atoms with Crippen LogP contribution in [0.4, 0.5) is 0 Å². The molecule has 0 aliphatic rings. The smallest absolute Gasteiger partial charge is 0.260 e. The normalized spacial score (nSPS) is 10.3. The Labute approximate surface area is 138 Å². The lowest BCUT2D eigenvalue weighted by atomic mass is 10.3. The number of nitrogens with zero attached hydrogens (tertiary/aromatic N) is 1. The molecule has 20 heavy (non-hydrogen) atoms. The zero-order valence-electron chi connectivity index (χ0n) is 10.8. The van der Waals surface area contributed by atoms with Crippen LogP contribution in [0.25, 0.3) is 0 Å². The van der Waals surface area contributed by atoms with Gasteiger partial charge in [0.15, 0.2) is 6.61 Å². The number of ether oxygens (including phenoxy) is 1. The number of hydrogen-bond acceptors (Lipinski definition) is 3. The first kappa shape index (κ1) is 15.5. The van der Waals surface area contributed by atoms with Gasteiger partial charge in [-0.2, -0.15) is 0 Å². The Bertz CT molecular complexity index is 587. The summed E-state index contributed by atoms with van der Waals surface area (Å²) in [5.41, 5.74) is 0. The number of carbonyl (C=O) groups excluding carboxylic acids is 1. The fourth-order valence-corrected chi connectivity index (χ4v) is 3.49. The van der Waals surface area contributed by atoms with Gasteiger partial charge in [0.2, 0.25) is 0 Å². The Morgan fingerprint density at radius 1 is 1.35 bits per heavy atom. The molecule has 1 heterocycles. The standard InChI is InChI=1S/C14H13Br2NO2S/c1-17(8-11-3-2-6-20-11)14(18)9-19-13-5-4-10(15)7-12(13)16/h2-7H,8-9H2,1H3. The van der Waals surface area contributed by atoms with E-state index in [9.17, 15) is 4.79 Å². The third-order valence-electron chi connectivity index (χ3n) is 2.64. The summed E-state index contributed by atoms with van der Waals surface area (Å²) >= 11 is 8.42. The summed E-state index contributed by atoms with van der Waals surface area (Å²) in [6, 6.07) is 9.57. The maximum absolute atomic E-state index is 12.0. The van der Waals surface area contributed by atoms with Crippen LogP contribution in [0, 0.1) is 0 Å². The molecule has 0 radical (unpaired) electrons. The van der Waals surface area contributed by atoms with Crippen LogP contribution in [0.2, 0.25) is 0 Å². The maximum Gasteiger partial charge on any atom is 0.260 e.